The monoisotopic (exact) mass is 360 g/mol. The van der Waals surface area contributed by atoms with E-state index in [1.165, 1.54) is 25.6 Å². The minimum atomic E-state index is -0.403. The summed E-state index contributed by atoms with van der Waals surface area (Å²) in [5.74, 6) is 0.715. The van der Waals surface area contributed by atoms with E-state index < -0.39 is 5.97 Å². The first-order valence-corrected chi connectivity index (χ1v) is 9.43. The number of nitrogens with one attached hydrogen (secondary N) is 1. The molecule has 0 amide bonds. The van der Waals surface area contributed by atoms with Gasteiger partial charge in [-0.05, 0) is 40.5 Å². The van der Waals surface area contributed by atoms with Crippen LogP contribution in [0.3, 0.4) is 0 Å². The van der Waals surface area contributed by atoms with Crippen molar-refractivity contribution in [3.8, 4) is 0 Å². The van der Waals surface area contributed by atoms with Gasteiger partial charge in [0.1, 0.15) is 23.5 Å². The zero-order chi connectivity index (χ0) is 18.7. The molecule has 0 bridgehead atoms. The average Bonchev–Trinajstić information content (AvgIpc) is 2.94. The number of nitrogens with zero attached hydrogens (tertiary/aromatic N) is 3. The van der Waals surface area contributed by atoms with Crippen LogP contribution in [0.2, 0.25) is 0 Å². The number of aromatic nitrogens is 2. The second kappa shape index (κ2) is 8.03. The van der Waals surface area contributed by atoms with Crippen molar-refractivity contribution in [1.82, 2.24) is 14.9 Å². The molecule has 26 heavy (non-hydrogen) atoms. The molecule has 1 N–H and O–H groups in total. The molecule has 0 aliphatic carbocycles. The molecule has 0 aromatic carbocycles. The molecule has 1 fully saturated rings. The van der Waals surface area contributed by atoms with Crippen LogP contribution >= 0.6 is 0 Å². The Balaban J connectivity index is 1.78. The fourth-order valence-corrected chi connectivity index (χ4v) is 3.85. The molecule has 3 heterocycles. The Kier molecular flexibility index (Phi) is 5.76. The fourth-order valence-electron chi connectivity index (χ4n) is 3.85. The molecule has 0 unspecified atom stereocenters. The number of ether oxygens (including phenoxy) is 1. The molecule has 2 atom stereocenters. The summed E-state index contributed by atoms with van der Waals surface area (Å²) in [5.41, 5.74) is 0.812. The molecular formula is C19H28N4O3. The van der Waals surface area contributed by atoms with E-state index in [1.54, 1.807) is 13.8 Å². The molecule has 0 radical (unpaired) electrons. The Morgan fingerprint density at radius 2 is 2.08 bits per heavy atom. The Bertz CT molecular complexity index is 763. The summed E-state index contributed by atoms with van der Waals surface area (Å²) in [4.78, 5) is 23.3. The maximum atomic E-state index is 12.3. The molecule has 1 aliphatic heterocycles. The molecule has 0 saturated carbocycles. The SMILES string of the molecule is CCOC(=O)c1c(C)oc2ncnc(NCCN3[C@@H](C)CCC[C@@H]3C)c12. The van der Waals surface area contributed by atoms with Crippen LogP contribution < -0.4 is 5.32 Å². The number of carbonyl (C=O) groups excluding carboxylic acids is 1. The van der Waals surface area contributed by atoms with Crippen molar-refractivity contribution in [2.45, 2.75) is 59.0 Å². The fraction of sp³-hybridized carbons (Fsp3) is 0.632. The van der Waals surface area contributed by atoms with Crippen LogP contribution in [0.1, 0.15) is 56.2 Å². The normalized spacial score (nSPS) is 21.1. The van der Waals surface area contributed by atoms with Gasteiger partial charge in [-0.15, -0.1) is 0 Å². The van der Waals surface area contributed by atoms with Crippen molar-refractivity contribution in [3.63, 3.8) is 0 Å². The smallest absolute Gasteiger partial charge is 0.342 e. The number of hydrogen-bond acceptors (Lipinski definition) is 7. The predicted molar refractivity (Wildman–Crippen MR) is 100 cm³/mol. The largest absolute Gasteiger partial charge is 0.462 e. The Hall–Kier alpha value is -2.15. The number of esters is 1. The minimum absolute atomic E-state index is 0.312. The summed E-state index contributed by atoms with van der Waals surface area (Å²) in [7, 11) is 0. The van der Waals surface area contributed by atoms with Crippen molar-refractivity contribution in [3.05, 3.63) is 17.7 Å². The third kappa shape index (κ3) is 3.67. The van der Waals surface area contributed by atoms with Gasteiger partial charge in [-0.1, -0.05) is 6.42 Å². The number of aryl methyl sites for hydroxylation is 1. The first-order chi connectivity index (χ1) is 12.5. The topological polar surface area (TPSA) is 80.5 Å². The highest BCUT2D eigenvalue weighted by Crippen LogP contribution is 2.29. The van der Waals surface area contributed by atoms with Crippen LogP contribution in [0.15, 0.2) is 10.7 Å². The zero-order valence-electron chi connectivity index (χ0n) is 16.0. The molecule has 0 spiro atoms. The van der Waals surface area contributed by atoms with E-state index in [1.807, 2.05) is 0 Å². The van der Waals surface area contributed by atoms with E-state index in [2.05, 4.69) is 34.0 Å². The number of anilines is 1. The van der Waals surface area contributed by atoms with Crippen molar-refractivity contribution < 1.29 is 13.9 Å². The lowest BCUT2D eigenvalue weighted by molar-refractivity contribution is 0.0526. The van der Waals surface area contributed by atoms with Crippen molar-refractivity contribution in [2.24, 2.45) is 0 Å². The summed E-state index contributed by atoms with van der Waals surface area (Å²) >= 11 is 0. The second-order valence-corrected chi connectivity index (χ2v) is 6.95. The summed E-state index contributed by atoms with van der Waals surface area (Å²) in [6, 6.07) is 1.19. The van der Waals surface area contributed by atoms with Crippen molar-refractivity contribution in [1.29, 1.82) is 0 Å². The third-order valence-corrected chi connectivity index (χ3v) is 5.18. The van der Waals surface area contributed by atoms with E-state index in [4.69, 9.17) is 9.15 Å². The summed E-state index contributed by atoms with van der Waals surface area (Å²) in [6.07, 6.45) is 5.25. The molecule has 7 heteroatoms. The number of furan rings is 1. The molecular weight excluding hydrogens is 332 g/mol. The lowest BCUT2D eigenvalue weighted by atomic mass is 9.98. The van der Waals surface area contributed by atoms with Crippen LogP contribution in [-0.4, -0.2) is 52.6 Å². The molecule has 3 rings (SSSR count). The van der Waals surface area contributed by atoms with Gasteiger partial charge >= 0.3 is 5.97 Å². The van der Waals surface area contributed by atoms with Gasteiger partial charge in [0.2, 0.25) is 5.71 Å². The van der Waals surface area contributed by atoms with Crippen LogP contribution in [0.5, 0.6) is 0 Å². The van der Waals surface area contributed by atoms with Crippen LogP contribution in [0.25, 0.3) is 11.1 Å². The Morgan fingerprint density at radius 1 is 1.35 bits per heavy atom. The maximum absolute atomic E-state index is 12.3. The van der Waals surface area contributed by atoms with Crippen LogP contribution in [-0.2, 0) is 4.74 Å². The Morgan fingerprint density at radius 3 is 2.77 bits per heavy atom. The maximum Gasteiger partial charge on any atom is 0.342 e. The van der Waals surface area contributed by atoms with Gasteiger partial charge in [0.15, 0.2) is 0 Å². The predicted octanol–water partition coefficient (Wildman–Crippen LogP) is 3.38. The van der Waals surface area contributed by atoms with E-state index >= 15 is 0 Å². The highest BCUT2D eigenvalue weighted by molar-refractivity contribution is 6.07. The van der Waals surface area contributed by atoms with E-state index in [-0.39, 0.29) is 0 Å². The van der Waals surface area contributed by atoms with Gasteiger partial charge in [0, 0.05) is 25.2 Å². The number of carbonyl (C=O) groups is 1. The Labute approximate surface area is 154 Å². The first kappa shape index (κ1) is 18.6. The quantitative estimate of drug-likeness (QED) is 0.791. The number of piperidine rings is 1. The van der Waals surface area contributed by atoms with Crippen molar-refractivity contribution in [2.75, 3.05) is 25.0 Å². The van der Waals surface area contributed by atoms with Gasteiger partial charge < -0.3 is 14.5 Å². The van der Waals surface area contributed by atoms with Gasteiger partial charge in [-0.25, -0.2) is 14.8 Å². The molecule has 1 saturated heterocycles. The lowest BCUT2D eigenvalue weighted by Crippen LogP contribution is -2.45. The standard InChI is InChI=1S/C19H28N4O3/c1-5-25-19(24)15-14(4)26-18-16(15)17(21-11-22-18)20-9-10-23-12(2)7-6-8-13(23)3/h11-13H,5-10H2,1-4H3,(H,20,21,22)/t12-,13-/m0/s1. The van der Waals surface area contributed by atoms with Gasteiger partial charge in [0.25, 0.3) is 0 Å². The lowest BCUT2D eigenvalue weighted by Gasteiger charge is -2.39. The number of hydrogen-bond donors (Lipinski definition) is 1. The number of rotatable bonds is 6. The minimum Gasteiger partial charge on any atom is -0.462 e. The number of likely N-dealkylation sites (tertiary alicyclic amines) is 1. The third-order valence-electron chi connectivity index (χ3n) is 5.18. The average molecular weight is 360 g/mol. The zero-order valence-corrected chi connectivity index (χ0v) is 16.0. The number of fused-ring (bicyclic) bond motifs is 1. The summed E-state index contributed by atoms with van der Waals surface area (Å²) in [5, 5.41) is 3.97. The molecule has 142 valence electrons. The van der Waals surface area contributed by atoms with Crippen molar-refractivity contribution >= 4 is 22.9 Å². The highest BCUT2D eigenvalue weighted by atomic mass is 16.5. The van der Waals surface area contributed by atoms with Crippen LogP contribution in [0.4, 0.5) is 5.82 Å². The van der Waals surface area contributed by atoms with Gasteiger partial charge in [0.05, 0.1) is 12.0 Å². The van der Waals surface area contributed by atoms with E-state index in [9.17, 15) is 4.79 Å². The second-order valence-electron chi connectivity index (χ2n) is 6.95. The molecule has 2 aromatic rings. The van der Waals surface area contributed by atoms with E-state index in [0.717, 1.165) is 13.1 Å². The van der Waals surface area contributed by atoms with Gasteiger partial charge in [-0.3, -0.25) is 4.90 Å². The highest BCUT2D eigenvalue weighted by Gasteiger charge is 2.25. The van der Waals surface area contributed by atoms with Crippen LogP contribution in [0, 0.1) is 6.92 Å². The molecule has 1 aliphatic rings. The van der Waals surface area contributed by atoms with E-state index in [0.29, 0.717) is 46.9 Å². The summed E-state index contributed by atoms with van der Waals surface area (Å²) < 4.78 is 10.8. The molecule has 2 aromatic heterocycles. The first-order valence-electron chi connectivity index (χ1n) is 9.43. The summed E-state index contributed by atoms with van der Waals surface area (Å²) in [6.45, 7) is 10.1. The van der Waals surface area contributed by atoms with Gasteiger partial charge in [-0.2, -0.15) is 0 Å². The molecule has 7 nitrogen and oxygen atoms in total.